The van der Waals surface area contributed by atoms with E-state index in [1.807, 2.05) is 78.9 Å². The topological polar surface area (TPSA) is 72.8 Å². The van der Waals surface area contributed by atoms with E-state index in [0.29, 0.717) is 33.3 Å². The van der Waals surface area contributed by atoms with Gasteiger partial charge in [0.15, 0.2) is 11.5 Å². The highest BCUT2D eigenvalue weighted by molar-refractivity contribution is 9.10. The fraction of sp³-hybridized carbons (Fsp3) is 0.0645. The van der Waals surface area contributed by atoms with Gasteiger partial charge in [0.05, 0.1) is 30.1 Å². The maximum Gasteiger partial charge on any atom is 0.272 e. The van der Waals surface area contributed by atoms with Gasteiger partial charge in [-0.2, -0.15) is 5.10 Å². The first-order valence-electron chi connectivity index (χ1n) is 12.1. The second-order valence-corrected chi connectivity index (χ2v) is 9.80. The van der Waals surface area contributed by atoms with Crippen LogP contribution in [0.15, 0.2) is 107 Å². The number of halogens is 2. The Balaban J connectivity index is 1.36. The Hall–Kier alpha value is -4.20. The van der Waals surface area contributed by atoms with E-state index in [2.05, 4.69) is 26.5 Å². The van der Waals surface area contributed by atoms with Crippen molar-refractivity contribution in [3.05, 3.63) is 123 Å². The Labute approximate surface area is 239 Å². The predicted octanol–water partition coefficient (Wildman–Crippen LogP) is 7.67. The van der Waals surface area contributed by atoms with E-state index in [-0.39, 0.29) is 12.5 Å². The standard InChI is InChI=1S/C31H23BrClN3O3/c1-38-29-15-22(25(32)17-30(29)39-19-21-11-5-7-13-26(21)33)18-34-36-31(37)24-16-28(20-9-3-2-4-10-20)35-27-14-8-6-12-23(24)27/h2-18H,19H2,1H3,(H,36,37)/b34-18+. The number of carbonyl (C=O) groups is 1. The maximum absolute atomic E-state index is 13.2. The fourth-order valence-corrected chi connectivity index (χ4v) is 4.65. The van der Waals surface area contributed by atoms with Gasteiger partial charge in [0, 0.05) is 31.6 Å². The summed E-state index contributed by atoms with van der Waals surface area (Å²) in [6, 6.07) is 30.1. The van der Waals surface area contributed by atoms with E-state index in [0.717, 1.165) is 26.5 Å². The van der Waals surface area contributed by atoms with Crippen LogP contribution in [0.25, 0.3) is 22.2 Å². The number of benzene rings is 4. The van der Waals surface area contributed by atoms with Crippen LogP contribution in [0.4, 0.5) is 0 Å². The molecule has 0 bridgehead atoms. The molecule has 0 atom stereocenters. The molecule has 0 aliphatic heterocycles. The number of pyridine rings is 1. The third-order valence-electron chi connectivity index (χ3n) is 6.02. The highest BCUT2D eigenvalue weighted by Gasteiger charge is 2.14. The molecule has 0 radical (unpaired) electrons. The molecule has 0 saturated carbocycles. The SMILES string of the molecule is COc1cc(/C=N/NC(=O)c2cc(-c3ccccc3)nc3ccccc23)c(Br)cc1OCc1ccccc1Cl. The zero-order chi connectivity index (χ0) is 27.2. The number of carbonyl (C=O) groups excluding carboxylic acids is 1. The molecule has 5 rings (SSSR count). The number of aromatic nitrogens is 1. The number of hydrogen-bond donors (Lipinski definition) is 1. The summed E-state index contributed by atoms with van der Waals surface area (Å²) < 4.78 is 12.2. The van der Waals surface area contributed by atoms with Gasteiger partial charge < -0.3 is 9.47 Å². The Morgan fingerprint density at radius 1 is 0.974 bits per heavy atom. The lowest BCUT2D eigenvalue weighted by Gasteiger charge is -2.13. The number of nitrogens with zero attached hydrogens (tertiary/aromatic N) is 2. The highest BCUT2D eigenvalue weighted by Crippen LogP contribution is 2.34. The monoisotopic (exact) mass is 599 g/mol. The molecule has 1 heterocycles. The molecular weight excluding hydrogens is 578 g/mol. The van der Waals surface area contributed by atoms with Crippen LogP contribution in [-0.4, -0.2) is 24.2 Å². The summed E-state index contributed by atoms with van der Waals surface area (Å²) in [5.41, 5.74) is 7.06. The van der Waals surface area contributed by atoms with Crippen molar-refractivity contribution >= 4 is 50.6 Å². The molecule has 0 fully saturated rings. The van der Waals surface area contributed by atoms with Gasteiger partial charge in [-0.05, 0) is 46.3 Å². The summed E-state index contributed by atoms with van der Waals surface area (Å²) in [4.78, 5) is 18.0. The van der Waals surface area contributed by atoms with Crippen molar-refractivity contribution in [2.45, 2.75) is 6.61 Å². The molecular formula is C31H23BrClN3O3. The van der Waals surface area contributed by atoms with Gasteiger partial charge in [0.25, 0.3) is 5.91 Å². The molecule has 0 aliphatic rings. The average Bonchev–Trinajstić information content (AvgIpc) is 2.97. The maximum atomic E-state index is 13.2. The summed E-state index contributed by atoms with van der Waals surface area (Å²) in [7, 11) is 1.56. The summed E-state index contributed by atoms with van der Waals surface area (Å²) in [5.74, 6) is 0.720. The van der Waals surface area contributed by atoms with Gasteiger partial charge in [0.2, 0.25) is 0 Å². The minimum atomic E-state index is -0.343. The molecule has 0 spiro atoms. The Morgan fingerprint density at radius 3 is 2.51 bits per heavy atom. The minimum absolute atomic E-state index is 0.289. The summed E-state index contributed by atoms with van der Waals surface area (Å²) >= 11 is 9.80. The van der Waals surface area contributed by atoms with E-state index < -0.39 is 0 Å². The van der Waals surface area contributed by atoms with Crippen LogP contribution in [-0.2, 0) is 6.61 Å². The van der Waals surface area contributed by atoms with E-state index in [9.17, 15) is 4.79 Å². The van der Waals surface area contributed by atoms with E-state index in [4.69, 9.17) is 26.1 Å². The number of ether oxygens (including phenoxy) is 2. The zero-order valence-electron chi connectivity index (χ0n) is 20.9. The third-order valence-corrected chi connectivity index (χ3v) is 7.08. The first kappa shape index (κ1) is 26.4. The number of nitrogens with one attached hydrogen (secondary N) is 1. The average molecular weight is 601 g/mol. The number of rotatable bonds is 8. The molecule has 5 aromatic rings. The van der Waals surface area contributed by atoms with Gasteiger partial charge in [-0.3, -0.25) is 4.79 Å². The van der Waals surface area contributed by atoms with Gasteiger partial charge in [-0.15, -0.1) is 0 Å². The second-order valence-electron chi connectivity index (χ2n) is 8.54. The smallest absolute Gasteiger partial charge is 0.272 e. The van der Waals surface area contributed by atoms with Crippen LogP contribution in [0.5, 0.6) is 11.5 Å². The molecule has 6 nitrogen and oxygen atoms in total. The zero-order valence-corrected chi connectivity index (χ0v) is 23.2. The molecule has 8 heteroatoms. The summed E-state index contributed by atoms with van der Waals surface area (Å²) in [6.45, 7) is 0.289. The van der Waals surface area contributed by atoms with Crippen molar-refractivity contribution in [1.82, 2.24) is 10.4 Å². The number of hydrazone groups is 1. The Bertz CT molecular complexity index is 1680. The molecule has 0 aliphatic carbocycles. The first-order valence-corrected chi connectivity index (χ1v) is 13.2. The molecule has 4 aromatic carbocycles. The predicted molar refractivity (Wildman–Crippen MR) is 159 cm³/mol. The van der Waals surface area contributed by atoms with Crippen molar-refractivity contribution in [3.63, 3.8) is 0 Å². The third kappa shape index (κ3) is 6.11. The molecule has 0 unspecified atom stereocenters. The second kappa shape index (κ2) is 12.1. The van der Waals surface area contributed by atoms with Gasteiger partial charge in [0.1, 0.15) is 6.61 Å². The number of para-hydroxylation sites is 1. The van der Waals surface area contributed by atoms with Gasteiger partial charge in [-0.25, -0.2) is 10.4 Å². The van der Waals surface area contributed by atoms with Crippen molar-refractivity contribution < 1.29 is 14.3 Å². The lowest BCUT2D eigenvalue weighted by atomic mass is 10.0. The van der Waals surface area contributed by atoms with Crippen LogP contribution in [0.1, 0.15) is 21.5 Å². The summed E-state index contributed by atoms with van der Waals surface area (Å²) in [5, 5.41) is 5.59. The highest BCUT2D eigenvalue weighted by atomic mass is 79.9. The van der Waals surface area contributed by atoms with Crippen LogP contribution < -0.4 is 14.9 Å². The van der Waals surface area contributed by atoms with E-state index in [1.54, 1.807) is 31.5 Å². The number of methoxy groups -OCH3 is 1. The Kier molecular flexibility index (Phi) is 8.20. The summed E-state index contributed by atoms with van der Waals surface area (Å²) in [6.07, 6.45) is 1.55. The lowest BCUT2D eigenvalue weighted by molar-refractivity contribution is 0.0956. The number of amides is 1. The van der Waals surface area contributed by atoms with Crippen LogP contribution >= 0.6 is 27.5 Å². The number of fused-ring (bicyclic) bond motifs is 1. The van der Waals surface area contributed by atoms with Crippen LogP contribution in [0.3, 0.4) is 0 Å². The largest absolute Gasteiger partial charge is 0.493 e. The molecule has 1 N–H and O–H groups in total. The number of hydrogen-bond acceptors (Lipinski definition) is 5. The molecule has 39 heavy (non-hydrogen) atoms. The Morgan fingerprint density at radius 2 is 1.72 bits per heavy atom. The molecule has 1 aromatic heterocycles. The van der Waals surface area contributed by atoms with Crippen LogP contribution in [0, 0.1) is 0 Å². The molecule has 0 saturated heterocycles. The van der Waals surface area contributed by atoms with Crippen molar-refractivity contribution in [2.24, 2.45) is 5.10 Å². The molecule has 194 valence electrons. The normalized spacial score (nSPS) is 11.1. The molecule has 1 amide bonds. The van der Waals surface area contributed by atoms with Gasteiger partial charge >= 0.3 is 0 Å². The minimum Gasteiger partial charge on any atom is -0.493 e. The first-order chi connectivity index (χ1) is 19.0. The quantitative estimate of drug-likeness (QED) is 0.147. The lowest BCUT2D eigenvalue weighted by Crippen LogP contribution is -2.18. The fourth-order valence-electron chi connectivity index (χ4n) is 4.03. The van der Waals surface area contributed by atoms with Crippen molar-refractivity contribution in [3.8, 4) is 22.8 Å². The van der Waals surface area contributed by atoms with E-state index in [1.165, 1.54) is 0 Å². The van der Waals surface area contributed by atoms with Crippen LogP contribution in [0.2, 0.25) is 5.02 Å². The van der Waals surface area contributed by atoms with E-state index >= 15 is 0 Å². The van der Waals surface area contributed by atoms with Crippen molar-refractivity contribution in [1.29, 1.82) is 0 Å². The van der Waals surface area contributed by atoms with Crippen molar-refractivity contribution in [2.75, 3.05) is 7.11 Å². The van der Waals surface area contributed by atoms with Gasteiger partial charge in [-0.1, -0.05) is 78.3 Å².